The van der Waals surface area contributed by atoms with Crippen LogP contribution in [-0.4, -0.2) is 15.6 Å². The van der Waals surface area contributed by atoms with Gasteiger partial charge in [-0.25, -0.2) is 0 Å². The van der Waals surface area contributed by atoms with Crippen LogP contribution in [0.25, 0.3) is 0 Å². The molecule has 0 aromatic carbocycles. The summed E-state index contributed by atoms with van der Waals surface area (Å²) in [6.45, 7) is 4.91. The number of carbonyl (C=O) groups excluding carboxylic acids is 1. The Morgan fingerprint density at radius 1 is 1.47 bits per heavy atom. The molecule has 0 saturated heterocycles. The van der Waals surface area contributed by atoms with Crippen LogP contribution in [0.15, 0.2) is 0 Å². The first-order valence-electron chi connectivity index (χ1n) is 6.44. The van der Waals surface area contributed by atoms with Gasteiger partial charge in [-0.3, -0.25) is 9.48 Å². The number of aryl methyl sites for hydroxylation is 2. The van der Waals surface area contributed by atoms with Gasteiger partial charge in [-0.1, -0.05) is 18.5 Å². The second-order valence-electron chi connectivity index (χ2n) is 4.62. The minimum atomic E-state index is 0.345. The second-order valence-corrected chi connectivity index (χ2v) is 5.00. The van der Waals surface area contributed by atoms with Crippen molar-refractivity contribution in [1.29, 1.82) is 0 Å². The van der Waals surface area contributed by atoms with E-state index in [2.05, 4.69) is 12.0 Å². The summed E-state index contributed by atoms with van der Waals surface area (Å²) in [6.07, 6.45) is 4.35. The molecule has 0 unspecified atom stereocenters. The summed E-state index contributed by atoms with van der Waals surface area (Å²) in [6, 6.07) is 0. The average molecular weight is 255 g/mol. The van der Waals surface area contributed by atoms with Crippen molar-refractivity contribution >= 4 is 17.4 Å². The highest BCUT2D eigenvalue weighted by Crippen LogP contribution is 2.32. The molecule has 0 atom stereocenters. The summed E-state index contributed by atoms with van der Waals surface area (Å²) in [5.41, 5.74) is 1.97. The maximum absolute atomic E-state index is 11.7. The van der Waals surface area contributed by atoms with Crippen molar-refractivity contribution in [1.82, 2.24) is 9.78 Å². The van der Waals surface area contributed by atoms with Crippen molar-refractivity contribution in [3.63, 3.8) is 0 Å². The van der Waals surface area contributed by atoms with E-state index < -0.39 is 0 Å². The van der Waals surface area contributed by atoms with E-state index in [9.17, 15) is 4.79 Å². The zero-order valence-corrected chi connectivity index (χ0v) is 11.3. The fourth-order valence-electron chi connectivity index (χ4n) is 2.11. The first-order valence-corrected chi connectivity index (χ1v) is 6.81. The number of halogens is 1. The predicted octanol–water partition coefficient (Wildman–Crippen LogP) is 3.03. The van der Waals surface area contributed by atoms with Crippen LogP contribution in [0.2, 0.25) is 5.02 Å². The molecule has 0 bridgehead atoms. The van der Waals surface area contributed by atoms with E-state index in [-0.39, 0.29) is 0 Å². The first-order chi connectivity index (χ1) is 8.17. The lowest BCUT2D eigenvalue weighted by Crippen LogP contribution is -2.07. The van der Waals surface area contributed by atoms with Crippen LogP contribution in [0.5, 0.6) is 0 Å². The van der Waals surface area contributed by atoms with Gasteiger partial charge in [-0.15, -0.1) is 0 Å². The Hall–Kier alpha value is -0.830. The zero-order chi connectivity index (χ0) is 12.4. The third-order valence-corrected chi connectivity index (χ3v) is 3.77. The summed E-state index contributed by atoms with van der Waals surface area (Å²) in [7, 11) is 0. The predicted molar refractivity (Wildman–Crippen MR) is 68.3 cm³/mol. The lowest BCUT2D eigenvalue weighted by atomic mass is 10.1. The van der Waals surface area contributed by atoms with Crippen LogP contribution in [0.1, 0.15) is 44.5 Å². The lowest BCUT2D eigenvalue weighted by Gasteiger charge is -2.04. The van der Waals surface area contributed by atoms with Gasteiger partial charge in [0.05, 0.1) is 16.4 Å². The van der Waals surface area contributed by atoms with Gasteiger partial charge in [0.25, 0.3) is 0 Å². The number of aromatic nitrogens is 2. The van der Waals surface area contributed by atoms with Gasteiger partial charge in [-0.05, 0) is 32.6 Å². The topological polar surface area (TPSA) is 34.9 Å². The summed E-state index contributed by atoms with van der Waals surface area (Å²) in [5.74, 6) is 0.736. The molecular formula is C13H19ClN2O. The Morgan fingerprint density at radius 3 is 2.71 bits per heavy atom. The zero-order valence-electron chi connectivity index (χ0n) is 10.5. The van der Waals surface area contributed by atoms with E-state index in [1.165, 1.54) is 0 Å². The molecule has 4 heteroatoms. The molecule has 1 aliphatic rings. The SMILES string of the molecule is CCc1nn(CC)c(CCC(=O)C2CC2)c1Cl. The van der Waals surface area contributed by atoms with Crippen molar-refractivity contribution in [2.75, 3.05) is 0 Å². The second kappa shape index (κ2) is 5.21. The molecule has 1 fully saturated rings. The highest BCUT2D eigenvalue weighted by Gasteiger charge is 2.29. The van der Waals surface area contributed by atoms with Gasteiger partial charge in [0, 0.05) is 18.9 Å². The normalized spacial score (nSPS) is 15.2. The highest BCUT2D eigenvalue weighted by atomic mass is 35.5. The Bertz CT molecular complexity index is 421. The molecule has 2 rings (SSSR count). The maximum Gasteiger partial charge on any atom is 0.136 e. The minimum Gasteiger partial charge on any atom is -0.299 e. The third-order valence-electron chi connectivity index (χ3n) is 3.34. The Kier molecular flexibility index (Phi) is 3.87. The lowest BCUT2D eigenvalue weighted by molar-refractivity contribution is -0.120. The molecule has 94 valence electrons. The van der Waals surface area contributed by atoms with Gasteiger partial charge in [0.1, 0.15) is 5.78 Å². The van der Waals surface area contributed by atoms with Crippen LogP contribution in [0, 0.1) is 5.92 Å². The Labute approximate surface area is 107 Å². The summed E-state index contributed by atoms with van der Waals surface area (Å²) >= 11 is 6.29. The van der Waals surface area contributed by atoms with Gasteiger partial charge in [-0.2, -0.15) is 5.10 Å². The average Bonchev–Trinajstić information content (AvgIpc) is 3.12. The molecule has 0 aliphatic heterocycles. The molecular weight excluding hydrogens is 236 g/mol. The van der Waals surface area contributed by atoms with E-state index in [0.29, 0.717) is 18.1 Å². The Balaban J connectivity index is 2.07. The van der Waals surface area contributed by atoms with Crippen molar-refractivity contribution in [3.05, 3.63) is 16.4 Å². The molecule has 1 heterocycles. The number of ketones is 1. The highest BCUT2D eigenvalue weighted by molar-refractivity contribution is 6.31. The largest absolute Gasteiger partial charge is 0.299 e. The van der Waals surface area contributed by atoms with Crippen LogP contribution in [0.4, 0.5) is 0 Å². The van der Waals surface area contributed by atoms with Crippen LogP contribution in [-0.2, 0) is 24.2 Å². The van der Waals surface area contributed by atoms with Crippen molar-refractivity contribution in [3.8, 4) is 0 Å². The minimum absolute atomic E-state index is 0.345. The molecule has 0 radical (unpaired) electrons. The van der Waals surface area contributed by atoms with Gasteiger partial charge in [0.15, 0.2) is 0 Å². The third kappa shape index (κ3) is 2.71. The van der Waals surface area contributed by atoms with Gasteiger partial charge < -0.3 is 0 Å². The standard InChI is InChI=1S/C13H19ClN2O/c1-3-10-13(14)11(16(4-2)15-10)7-8-12(17)9-5-6-9/h9H,3-8H2,1-2H3. The number of hydrogen-bond acceptors (Lipinski definition) is 2. The maximum atomic E-state index is 11.7. The quantitative estimate of drug-likeness (QED) is 0.782. The van der Waals surface area contributed by atoms with Crippen LogP contribution in [0.3, 0.4) is 0 Å². The fourth-order valence-corrected chi connectivity index (χ4v) is 2.47. The monoisotopic (exact) mass is 254 g/mol. The molecule has 3 nitrogen and oxygen atoms in total. The van der Waals surface area contributed by atoms with Crippen LogP contribution >= 0.6 is 11.6 Å². The van der Waals surface area contributed by atoms with Gasteiger partial charge in [0.2, 0.25) is 0 Å². The molecule has 1 aliphatic carbocycles. The number of hydrogen-bond donors (Lipinski definition) is 0. The van der Waals surface area contributed by atoms with Crippen LogP contribution < -0.4 is 0 Å². The molecule has 0 N–H and O–H groups in total. The fraction of sp³-hybridized carbons (Fsp3) is 0.692. The van der Waals surface area contributed by atoms with E-state index in [4.69, 9.17) is 11.6 Å². The summed E-state index contributed by atoms with van der Waals surface area (Å²) in [4.78, 5) is 11.7. The Morgan fingerprint density at radius 2 is 2.18 bits per heavy atom. The smallest absolute Gasteiger partial charge is 0.136 e. The van der Waals surface area contributed by atoms with Gasteiger partial charge >= 0.3 is 0 Å². The first kappa shape index (κ1) is 12.6. The molecule has 0 amide bonds. The number of nitrogens with zero attached hydrogens (tertiary/aromatic N) is 2. The molecule has 1 aromatic heterocycles. The van der Waals surface area contributed by atoms with Crippen molar-refractivity contribution in [2.45, 2.75) is 52.5 Å². The van der Waals surface area contributed by atoms with Crippen molar-refractivity contribution in [2.24, 2.45) is 5.92 Å². The van der Waals surface area contributed by atoms with E-state index in [1.54, 1.807) is 0 Å². The molecule has 0 spiro atoms. The summed E-state index contributed by atoms with van der Waals surface area (Å²) < 4.78 is 1.93. The van der Waals surface area contributed by atoms with E-state index in [1.807, 2.05) is 11.6 Å². The molecule has 1 aromatic rings. The van der Waals surface area contributed by atoms with E-state index >= 15 is 0 Å². The molecule has 1 saturated carbocycles. The molecule has 17 heavy (non-hydrogen) atoms. The summed E-state index contributed by atoms with van der Waals surface area (Å²) in [5, 5.41) is 5.22. The number of Topliss-reactive ketones (excluding diaryl/α,β-unsaturated/α-hetero) is 1. The number of carbonyl (C=O) groups is 1. The van der Waals surface area contributed by atoms with Crippen molar-refractivity contribution < 1.29 is 4.79 Å². The number of rotatable bonds is 6. The van der Waals surface area contributed by atoms with E-state index in [0.717, 1.165) is 48.6 Å².